The lowest BCUT2D eigenvalue weighted by Gasteiger charge is -2.36. The molecule has 5 heteroatoms. The van der Waals surface area contributed by atoms with E-state index in [0.717, 1.165) is 45.8 Å². The number of piperazine rings is 1. The van der Waals surface area contributed by atoms with Crippen molar-refractivity contribution in [3.8, 4) is 0 Å². The number of rotatable bonds is 2. The molecule has 3 fully saturated rings. The summed E-state index contributed by atoms with van der Waals surface area (Å²) in [5, 5.41) is 3.37. The second-order valence-corrected chi connectivity index (χ2v) is 5.89. The molecule has 3 aliphatic heterocycles. The van der Waals surface area contributed by atoms with Crippen molar-refractivity contribution in [2.45, 2.75) is 44.4 Å². The number of hydrogen-bond donors (Lipinski definition) is 1. The van der Waals surface area contributed by atoms with Crippen LogP contribution in [-0.4, -0.2) is 68.3 Å². The number of nitrogens with one attached hydrogen (secondary N) is 1. The Balaban J connectivity index is 1.61. The lowest BCUT2D eigenvalue weighted by Crippen LogP contribution is -2.52. The molecule has 3 saturated heterocycles. The molecule has 0 aromatic carbocycles. The van der Waals surface area contributed by atoms with E-state index >= 15 is 0 Å². The Hall–Kier alpha value is -0.200. The van der Waals surface area contributed by atoms with Gasteiger partial charge in [-0.3, -0.25) is 4.90 Å². The maximum absolute atomic E-state index is 6.02. The summed E-state index contributed by atoms with van der Waals surface area (Å²) in [5.41, 5.74) is 0. The van der Waals surface area contributed by atoms with Crippen LogP contribution in [0.15, 0.2) is 0 Å². The molecule has 1 N–H and O–H groups in total. The zero-order valence-corrected chi connectivity index (χ0v) is 11.4. The molecule has 18 heavy (non-hydrogen) atoms. The predicted octanol–water partition coefficient (Wildman–Crippen LogP) is 0.201. The van der Waals surface area contributed by atoms with Gasteiger partial charge in [-0.25, -0.2) is 0 Å². The van der Waals surface area contributed by atoms with E-state index in [1.165, 1.54) is 0 Å². The molecular weight excluding hydrogens is 232 g/mol. The Kier molecular flexibility index (Phi) is 3.60. The van der Waals surface area contributed by atoms with Crippen LogP contribution in [0, 0.1) is 0 Å². The van der Waals surface area contributed by atoms with Crippen molar-refractivity contribution in [1.82, 2.24) is 10.2 Å². The molecule has 5 nitrogen and oxygen atoms in total. The molecule has 0 spiro atoms. The van der Waals surface area contributed by atoms with Gasteiger partial charge in [0.2, 0.25) is 0 Å². The van der Waals surface area contributed by atoms with Crippen molar-refractivity contribution in [3.63, 3.8) is 0 Å². The Labute approximate surface area is 109 Å². The summed E-state index contributed by atoms with van der Waals surface area (Å²) in [5.74, 6) is -0.454. The molecule has 0 aliphatic carbocycles. The molecule has 3 heterocycles. The van der Waals surface area contributed by atoms with Crippen LogP contribution in [0.3, 0.4) is 0 Å². The molecule has 0 saturated carbocycles. The molecule has 0 aromatic heterocycles. The van der Waals surface area contributed by atoms with E-state index < -0.39 is 5.79 Å². The number of fused-ring (bicyclic) bond motifs is 1. The molecule has 3 atom stereocenters. The van der Waals surface area contributed by atoms with E-state index in [0.29, 0.717) is 0 Å². The van der Waals surface area contributed by atoms with Crippen LogP contribution < -0.4 is 5.32 Å². The van der Waals surface area contributed by atoms with Crippen LogP contribution in [-0.2, 0) is 14.2 Å². The molecule has 3 unspecified atom stereocenters. The van der Waals surface area contributed by atoms with Crippen molar-refractivity contribution in [2.24, 2.45) is 0 Å². The lowest BCUT2D eigenvalue weighted by molar-refractivity contribution is -0.155. The van der Waals surface area contributed by atoms with Gasteiger partial charge < -0.3 is 19.5 Å². The van der Waals surface area contributed by atoms with E-state index in [4.69, 9.17) is 14.2 Å². The molecule has 3 aliphatic rings. The third kappa shape index (κ3) is 2.70. The first kappa shape index (κ1) is 12.8. The van der Waals surface area contributed by atoms with Crippen molar-refractivity contribution in [1.29, 1.82) is 0 Å². The Morgan fingerprint density at radius 2 is 2.00 bits per heavy atom. The van der Waals surface area contributed by atoms with Crippen molar-refractivity contribution < 1.29 is 14.2 Å². The van der Waals surface area contributed by atoms with Gasteiger partial charge >= 0.3 is 0 Å². The van der Waals surface area contributed by atoms with Crippen LogP contribution in [0.4, 0.5) is 0 Å². The highest BCUT2D eigenvalue weighted by Gasteiger charge is 2.47. The maximum atomic E-state index is 6.02. The fraction of sp³-hybridized carbons (Fsp3) is 1.00. The fourth-order valence-electron chi connectivity index (χ4n) is 3.14. The van der Waals surface area contributed by atoms with Crippen LogP contribution in [0.1, 0.15) is 20.3 Å². The van der Waals surface area contributed by atoms with Gasteiger partial charge in [0.1, 0.15) is 6.10 Å². The van der Waals surface area contributed by atoms with Gasteiger partial charge in [0, 0.05) is 39.3 Å². The van der Waals surface area contributed by atoms with Gasteiger partial charge in [-0.2, -0.15) is 0 Å². The summed E-state index contributed by atoms with van der Waals surface area (Å²) >= 11 is 0. The molecular formula is C13H24N2O3. The van der Waals surface area contributed by atoms with Crippen molar-refractivity contribution in [2.75, 3.05) is 39.3 Å². The van der Waals surface area contributed by atoms with Gasteiger partial charge in [-0.15, -0.1) is 0 Å². The molecule has 0 amide bonds. The third-order valence-electron chi connectivity index (χ3n) is 3.97. The van der Waals surface area contributed by atoms with Gasteiger partial charge in [0.15, 0.2) is 5.79 Å². The Morgan fingerprint density at radius 1 is 1.22 bits per heavy atom. The van der Waals surface area contributed by atoms with E-state index in [1.54, 1.807) is 0 Å². The summed E-state index contributed by atoms with van der Waals surface area (Å²) in [6.45, 7) is 10.1. The Bertz CT molecular complexity index is 292. The summed E-state index contributed by atoms with van der Waals surface area (Å²) in [4.78, 5) is 2.46. The number of ether oxygens (including phenoxy) is 3. The molecule has 0 aromatic rings. The highest BCUT2D eigenvalue weighted by molar-refractivity contribution is 4.92. The average molecular weight is 256 g/mol. The van der Waals surface area contributed by atoms with Crippen LogP contribution >= 0.6 is 0 Å². The SMILES string of the molecule is CC1(C)OC2CCOC(CN3CCNCC3)C2O1. The van der Waals surface area contributed by atoms with Crippen LogP contribution in [0.2, 0.25) is 0 Å². The first-order valence-electron chi connectivity index (χ1n) is 7.04. The highest BCUT2D eigenvalue weighted by atomic mass is 16.8. The normalized spacial score (nSPS) is 40.7. The van der Waals surface area contributed by atoms with E-state index in [2.05, 4.69) is 10.2 Å². The van der Waals surface area contributed by atoms with E-state index in [1.807, 2.05) is 13.8 Å². The molecule has 0 radical (unpaired) electrons. The van der Waals surface area contributed by atoms with Crippen LogP contribution in [0.5, 0.6) is 0 Å². The molecule has 3 rings (SSSR count). The summed E-state index contributed by atoms with van der Waals surface area (Å²) in [7, 11) is 0. The first-order valence-corrected chi connectivity index (χ1v) is 7.04. The monoisotopic (exact) mass is 256 g/mol. The molecule has 0 bridgehead atoms. The van der Waals surface area contributed by atoms with Gasteiger partial charge in [0.25, 0.3) is 0 Å². The fourth-order valence-corrected chi connectivity index (χ4v) is 3.14. The lowest BCUT2D eigenvalue weighted by atomic mass is 10.0. The highest BCUT2D eigenvalue weighted by Crippen LogP contribution is 2.35. The second kappa shape index (κ2) is 5.06. The zero-order valence-electron chi connectivity index (χ0n) is 11.4. The first-order chi connectivity index (χ1) is 8.64. The summed E-state index contributed by atoms with van der Waals surface area (Å²) in [6.07, 6.45) is 1.42. The standard InChI is InChI=1S/C13H24N2O3/c1-13(2)17-10-3-8-16-11(12(10)18-13)9-15-6-4-14-5-7-15/h10-12,14H,3-9H2,1-2H3. The average Bonchev–Trinajstić information content (AvgIpc) is 2.66. The van der Waals surface area contributed by atoms with Gasteiger partial charge in [-0.1, -0.05) is 0 Å². The maximum Gasteiger partial charge on any atom is 0.163 e. The van der Waals surface area contributed by atoms with Gasteiger partial charge in [-0.05, 0) is 20.3 Å². The largest absolute Gasteiger partial charge is 0.374 e. The summed E-state index contributed by atoms with van der Waals surface area (Å²) in [6, 6.07) is 0. The Morgan fingerprint density at radius 3 is 2.78 bits per heavy atom. The minimum absolute atomic E-state index is 0.101. The van der Waals surface area contributed by atoms with Crippen molar-refractivity contribution in [3.05, 3.63) is 0 Å². The quantitative estimate of drug-likeness (QED) is 0.764. The second-order valence-electron chi connectivity index (χ2n) is 5.89. The predicted molar refractivity (Wildman–Crippen MR) is 67.5 cm³/mol. The zero-order chi connectivity index (χ0) is 12.6. The number of hydrogen-bond acceptors (Lipinski definition) is 5. The van der Waals surface area contributed by atoms with E-state index in [-0.39, 0.29) is 18.3 Å². The molecule has 104 valence electrons. The third-order valence-corrected chi connectivity index (χ3v) is 3.97. The summed E-state index contributed by atoms with van der Waals surface area (Å²) < 4.78 is 17.9. The minimum atomic E-state index is -0.454. The topological polar surface area (TPSA) is 43.0 Å². The van der Waals surface area contributed by atoms with Crippen molar-refractivity contribution >= 4 is 0 Å². The smallest absolute Gasteiger partial charge is 0.163 e. The van der Waals surface area contributed by atoms with E-state index in [9.17, 15) is 0 Å². The van der Waals surface area contributed by atoms with Crippen LogP contribution in [0.25, 0.3) is 0 Å². The van der Waals surface area contributed by atoms with Gasteiger partial charge in [0.05, 0.1) is 12.2 Å². The number of nitrogens with zero attached hydrogens (tertiary/aromatic N) is 1. The minimum Gasteiger partial charge on any atom is -0.374 e.